The fourth-order valence-electron chi connectivity index (χ4n) is 4.80. The summed E-state index contributed by atoms with van der Waals surface area (Å²) in [5.41, 5.74) is 3.31. The first-order valence-corrected chi connectivity index (χ1v) is 11.8. The number of nitrogens with zero attached hydrogens (tertiary/aromatic N) is 1. The molecule has 0 radical (unpaired) electrons. The van der Waals surface area contributed by atoms with Gasteiger partial charge in [-0.25, -0.2) is 0 Å². The molecule has 0 fully saturated rings. The molecule has 0 bridgehead atoms. The highest BCUT2D eigenvalue weighted by atomic mass is 35.5. The zero-order valence-corrected chi connectivity index (χ0v) is 20.0. The Labute approximate surface area is 206 Å². The molecule has 3 aromatic carbocycles. The maximum atomic E-state index is 13.7. The van der Waals surface area contributed by atoms with Gasteiger partial charge in [-0.15, -0.1) is 0 Å². The topological polar surface area (TPSA) is 69.0 Å². The van der Waals surface area contributed by atoms with Crippen molar-refractivity contribution in [2.24, 2.45) is 0 Å². The van der Waals surface area contributed by atoms with Crippen molar-refractivity contribution in [2.75, 3.05) is 6.79 Å². The van der Waals surface area contributed by atoms with Gasteiger partial charge in [-0.1, -0.05) is 55.8 Å². The number of hydrogen-bond acceptors (Lipinski definition) is 5. The number of ether oxygens (including phenoxy) is 2. The maximum Gasteiger partial charge on any atom is 0.291 e. The number of benzene rings is 3. The molecule has 35 heavy (non-hydrogen) atoms. The van der Waals surface area contributed by atoms with E-state index in [1.807, 2.05) is 42.5 Å². The Morgan fingerprint density at radius 1 is 0.971 bits per heavy atom. The van der Waals surface area contributed by atoms with E-state index in [1.165, 1.54) is 5.56 Å². The van der Waals surface area contributed by atoms with Crippen LogP contribution in [0.15, 0.2) is 69.9 Å². The predicted molar refractivity (Wildman–Crippen MR) is 132 cm³/mol. The third kappa shape index (κ3) is 3.56. The summed E-state index contributed by atoms with van der Waals surface area (Å²) in [6, 6.07) is 17.9. The van der Waals surface area contributed by atoms with Crippen LogP contribution >= 0.6 is 11.6 Å². The van der Waals surface area contributed by atoms with Gasteiger partial charge in [0.15, 0.2) is 16.9 Å². The van der Waals surface area contributed by atoms with Crippen LogP contribution in [-0.2, 0) is 6.54 Å². The summed E-state index contributed by atoms with van der Waals surface area (Å²) in [5.74, 6) is 1.42. The molecule has 2 aliphatic rings. The molecule has 0 saturated carbocycles. The Bertz CT molecular complexity index is 1540. The van der Waals surface area contributed by atoms with Crippen LogP contribution in [0.2, 0.25) is 5.02 Å². The second-order valence-electron chi connectivity index (χ2n) is 9.16. The Kier molecular flexibility index (Phi) is 5.07. The highest BCUT2D eigenvalue weighted by molar-refractivity contribution is 6.31. The van der Waals surface area contributed by atoms with Crippen LogP contribution in [0.3, 0.4) is 0 Å². The van der Waals surface area contributed by atoms with Gasteiger partial charge in [-0.05, 0) is 52.9 Å². The lowest BCUT2D eigenvalue weighted by Gasteiger charge is -2.25. The van der Waals surface area contributed by atoms with Crippen molar-refractivity contribution in [3.05, 3.63) is 104 Å². The molecule has 1 unspecified atom stereocenters. The number of carbonyl (C=O) groups excluding carboxylic acids is 1. The van der Waals surface area contributed by atoms with Crippen molar-refractivity contribution in [1.29, 1.82) is 0 Å². The first-order chi connectivity index (χ1) is 16.9. The summed E-state index contributed by atoms with van der Waals surface area (Å²) in [6.45, 7) is 4.69. The Balaban J connectivity index is 1.51. The molecule has 7 heteroatoms. The van der Waals surface area contributed by atoms with Gasteiger partial charge in [0, 0.05) is 11.6 Å². The largest absolute Gasteiger partial charge is 0.454 e. The van der Waals surface area contributed by atoms with Crippen molar-refractivity contribution in [2.45, 2.75) is 32.4 Å². The monoisotopic (exact) mass is 487 g/mol. The number of amides is 1. The third-order valence-electron chi connectivity index (χ3n) is 6.64. The van der Waals surface area contributed by atoms with Crippen LogP contribution < -0.4 is 14.9 Å². The van der Waals surface area contributed by atoms with Crippen LogP contribution in [-0.4, -0.2) is 17.6 Å². The summed E-state index contributed by atoms with van der Waals surface area (Å²) >= 11 is 6.17. The normalized spacial score (nSPS) is 16.4. The van der Waals surface area contributed by atoms with Crippen molar-refractivity contribution < 1.29 is 18.7 Å². The van der Waals surface area contributed by atoms with Crippen LogP contribution in [0.5, 0.6) is 11.5 Å². The lowest BCUT2D eigenvalue weighted by molar-refractivity contribution is 0.0714. The SMILES string of the molecule is CC(C)c1ccc(C2c3c(oc4ccc(Cl)cc4c3=O)C(=O)N2Cc2ccc3c(c2)OCO3)cc1. The van der Waals surface area contributed by atoms with Gasteiger partial charge in [-0.2, -0.15) is 0 Å². The molecular formula is C28H22ClNO5. The second-order valence-corrected chi connectivity index (χ2v) is 9.60. The zero-order valence-electron chi connectivity index (χ0n) is 19.2. The van der Waals surface area contributed by atoms with Gasteiger partial charge in [-0.3, -0.25) is 9.59 Å². The first kappa shape index (κ1) is 21.7. The minimum Gasteiger partial charge on any atom is -0.454 e. The van der Waals surface area contributed by atoms with Gasteiger partial charge < -0.3 is 18.8 Å². The highest BCUT2D eigenvalue weighted by Gasteiger charge is 2.42. The number of carbonyl (C=O) groups is 1. The third-order valence-corrected chi connectivity index (χ3v) is 6.87. The van der Waals surface area contributed by atoms with Crippen molar-refractivity contribution in [1.82, 2.24) is 4.90 Å². The number of rotatable bonds is 4. The van der Waals surface area contributed by atoms with E-state index in [-0.39, 0.29) is 30.4 Å². The number of halogens is 1. The van der Waals surface area contributed by atoms with Gasteiger partial charge in [0.25, 0.3) is 5.91 Å². The van der Waals surface area contributed by atoms with Gasteiger partial charge in [0.2, 0.25) is 12.6 Å². The van der Waals surface area contributed by atoms with E-state index in [0.29, 0.717) is 39.0 Å². The molecular weight excluding hydrogens is 466 g/mol. The van der Waals surface area contributed by atoms with E-state index >= 15 is 0 Å². The van der Waals surface area contributed by atoms with Gasteiger partial charge >= 0.3 is 0 Å². The minimum absolute atomic E-state index is 0.0727. The van der Waals surface area contributed by atoms with E-state index in [2.05, 4.69) is 13.8 Å². The summed E-state index contributed by atoms with van der Waals surface area (Å²) < 4.78 is 16.9. The number of hydrogen-bond donors (Lipinski definition) is 0. The van der Waals surface area contributed by atoms with Crippen molar-refractivity contribution >= 4 is 28.5 Å². The molecule has 3 heterocycles. The van der Waals surface area contributed by atoms with Crippen LogP contribution in [0, 0.1) is 0 Å². The van der Waals surface area contributed by atoms with E-state index < -0.39 is 6.04 Å². The van der Waals surface area contributed by atoms with E-state index in [9.17, 15) is 9.59 Å². The molecule has 176 valence electrons. The van der Waals surface area contributed by atoms with Gasteiger partial charge in [0.1, 0.15) is 5.58 Å². The fourth-order valence-corrected chi connectivity index (χ4v) is 4.97. The molecule has 1 aromatic heterocycles. The van der Waals surface area contributed by atoms with E-state index in [1.54, 1.807) is 23.1 Å². The Morgan fingerprint density at radius 3 is 2.51 bits per heavy atom. The average molecular weight is 488 g/mol. The summed E-state index contributed by atoms with van der Waals surface area (Å²) in [7, 11) is 0. The molecule has 4 aromatic rings. The number of fused-ring (bicyclic) bond motifs is 3. The van der Waals surface area contributed by atoms with Crippen LogP contribution in [0.25, 0.3) is 11.0 Å². The minimum atomic E-state index is -0.594. The van der Waals surface area contributed by atoms with Crippen molar-refractivity contribution in [3.8, 4) is 11.5 Å². The van der Waals surface area contributed by atoms with Crippen LogP contribution in [0.1, 0.15) is 58.6 Å². The lowest BCUT2D eigenvalue weighted by Crippen LogP contribution is -2.29. The quantitative estimate of drug-likeness (QED) is 0.351. The fraction of sp³-hybridized carbons (Fsp3) is 0.214. The standard InChI is InChI=1S/C28H22ClNO5/c1-15(2)17-4-6-18(7-5-17)25-24-26(31)20-12-19(29)8-10-21(20)35-27(24)28(32)30(25)13-16-3-9-22-23(11-16)34-14-33-22/h3-12,15,25H,13-14H2,1-2H3. The van der Waals surface area contributed by atoms with E-state index in [4.69, 9.17) is 25.5 Å². The molecule has 1 atom stereocenters. The first-order valence-electron chi connectivity index (χ1n) is 11.5. The average Bonchev–Trinajstić information content (AvgIpc) is 3.43. The molecule has 0 saturated heterocycles. The lowest BCUT2D eigenvalue weighted by atomic mass is 9.95. The summed E-state index contributed by atoms with van der Waals surface area (Å²) in [4.78, 5) is 29.0. The molecule has 6 nitrogen and oxygen atoms in total. The van der Waals surface area contributed by atoms with E-state index in [0.717, 1.165) is 11.1 Å². The highest BCUT2D eigenvalue weighted by Crippen LogP contribution is 2.41. The molecule has 0 aliphatic carbocycles. The Hall–Kier alpha value is -3.77. The second kappa shape index (κ2) is 8.17. The maximum absolute atomic E-state index is 13.7. The molecule has 0 N–H and O–H groups in total. The predicted octanol–water partition coefficient (Wildman–Crippen LogP) is 6.04. The van der Waals surface area contributed by atoms with Gasteiger partial charge in [0.05, 0.1) is 17.0 Å². The zero-order chi connectivity index (χ0) is 24.3. The smallest absolute Gasteiger partial charge is 0.291 e. The van der Waals surface area contributed by atoms with Crippen molar-refractivity contribution in [3.63, 3.8) is 0 Å². The summed E-state index contributed by atoms with van der Waals surface area (Å²) in [6.07, 6.45) is 0. The van der Waals surface area contributed by atoms with Crippen LogP contribution in [0.4, 0.5) is 0 Å². The Morgan fingerprint density at radius 2 is 1.74 bits per heavy atom. The molecule has 0 spiro atoms. The molecule has 6 rings (SSSR count). The molecule has 1 amide bonds. The summed E-state index contributed by atoms with van der Waals surface area (Å²) in [5, 5.41) is 0.793. The molecule has 2 aliphatic heterocycles.